The zero-order valence-corrected chi connectivity index (χ0v) is 16.7. The Morgan fingerprint density at radius 2 is 1.85 bits per heavy atom. The van der Waals surface area contributed by atoms with Crippen molar-refractivity contribution in [2.45, 2.75) is 11.8 Å². The second kappa shape index (κ2) is 9.22. The van der Waals surface area contributed by atoms with Crippen molar-refractivity contribution in [2.75, 3.05) is 65.2 Å². The third-order valence-electron chi connectivity index (χ3n) is 5.70. The number of thioether (sulfide) groups is 1. The summed E-state index contributed by atoms with van der Waals surface area (Å²) in [6, 6.07) is 8.19. The second-order valence-corrected chi connectivity index (χ2v) is 8.68. The molecule has 2 atom stereocenters. The summed E-state index contributed by atoms with van der Waals surface area (Å²) in [5, 5.41) is 9.78. The van der Waals surface area contributed by atoms with E-state index < -0.39 is 0 Å². The SMILES string of the molecule is Cc1ccccc1SCC(=O)N1C[C@@H](CN2CCN(C)CC2)[C@@H](CO)C1. The van der Waals surface area contributed by atoms with E-state index >= 15 is 0 Å². The fourth-order valence-electron chi connectivity index (χ4n) is 3.87. The van der Waals surface area contributed by atoms with Crippen LogP contribution in [0.25, 0.3) is 0 Å². The molecule has 1 amide bonds. The van der Waals surface area contributed by atoms with Gasteiger partial charge in [-0.15, -0.1) is 11.8 Å². The van der Waals surface area contributed by atoms with E-state index in [0.29, 0.717) is 18.2 Å². The molecule has 0 bridgehead atoms. The first kappa shape index (κ1) is 19.7. The highest BCUT2D eigenvalue weighted by atomic mass is 32.2. The van der Waals surface area contributed by atoms with Crippen molar-refractivity contribution in [1.82, 2.24) is 14.7 Å². The maximum atomic E-state index is 12.7. The van der Waals surface area contributed by atoms with Gasteiger partial charge in [0.15, 0.2) is 0 Å². The largest absolute Gasteiger partial charge is 0.396 e. The molecule has 1 N–H and O–H groups in total. The Labute approximate surface area is 161 Å². The summed E-state index contributed by atoms with van der Waals surface area (Å²) in [5.74, 6) is 1.26. The molecule has 144 valence electrons. The van der Waals surface area contributed by atoms with Crippen LogP contribution >= 0.6 is 11.8 Å². The molecule has 0 saturated carbocycles. The molecule has 26 heavy (non-hydrogen) atoms. The minimum absolute atomic E-state index is 0.174. The van der Waals surface area contributed by atoms with Crippen molar-refractivity contribution in [3.05, 3.63) is 29.8 Å². The van der Waals surface area contributed by atoms with E-state index in [0.717, 1.165) is 39.3 Å². The number of aliphatic hydroxyl groups is 1. The minimum Gasteiger partial charge on any atom is -0.396 e. The van der Waals surface area contributed by atoms with Crippen LogP contribution in [0.1, 0.15) is 5.56 Å². The number of nitrogens with zero attached hydrogens (tertiary/aromatic N) is 3. The lowest BCUT2D eigenvalue weighted by Gasteiger charge is -2.34. The molecule has 3 rings (SSSR count). The van der Waals surface area contributed by atoms with Crippen molar-refractivity contribution in [1.29, 1.82) is 0 Å². The lowest BCUT2D eigenvalue weighted by molar-refractivity contribution is -0.127. The van der Waals surface area contributed by atoms with Gasteiger partial charge in [0.25, 0.3) is 0 Å². The van der Waals surface area contributed by atoms with Gasteiger partial charge in [-0.3, -0.25) is 4.79 Å². The van der Waals surface area contributed by atoms with Crippen molar-refractivity contribution >= 4 is 17.7 Å². The summed E-state index contributed by atoms with van der Waals surface area (Å²) < 4.78 is 0. The fraction of sp³-hybridized carbons (Fsp3) is 0.650. The van der Waals surface area contributed by atoms with Gasteiger partial charge in [0.2, 0.25) is 5.91 Å². The summed E-state index contributed by atoms with van der Waals surface area (Å²) in [6.45, 7) is 9.10. The van der Waals surface area contributed by atoms with Crippen molar-refractivity contribution in [3.8, 4) is 0 Å². The first-order valence-electron chi connectivity index (χ1n) is 9.54. The maximum Gasteiger partial charge on any atom is 0.232 e. The van der Waals surface area contributed by atoms with Crippen LogP contribution in [-0.2, 0) is 4.79 Å². The summed E-state index contributed by atoms with van der Waals surface area (Å²) in [7, 11) is 2.16. The van der Waals surface area contributed by atoms with Crippen LogP contribution in [0.5, 0.6) is 0 Å². The highest BCUT2D eigenvalue weighted by molar-refractivity contribution is 8.00. The van der Waals surface area contributed by atoms with Crippen molar-refractivity contribution < 1.29 is 9.90 Å². The number of aliphatic hydroxyl groups excluding tert-OH is 1. The van der Waals surface area contributed by atoms with Crippen LogP contribution in [0.4, 0.5) is 0 Å². The number of piperazine rings is 1. The molecule has 0 aromatic heterocycles. The van der Waals surface area contributed by atoms with Crippen LogP contribution in [0.2, 0.25) is 0 Å². The number of carbonyl (C=O) groups is 1. The smallest absolute Gasteiger partial charge is 0.232 e. The average Bonchev–Trinajstić information content (AvgIpc) is 3.05. The van der Waals surface area contributed by atoms with E-state index in [1.165, 1.54) is 10.5 Å². The normalized spacial score (nSPS) is 25.0. The number of aryl methyl sites for hydroxylation is 1. The molecule has 0 spiro atoms. The third-order valence-corrected chi connectivity index (χ3v) is 6.86. The highest BCUT2D eigenvalue weighted by Gasteiger charge is 2.35. The van der Waals surface area contributed by atoms with Gasteiger partial charge < -0.3 is 19.8 Å². The summed E-state index contributed by atoms with van der Waals surface area (Å²) >= 11 is 1.62. The molecule has 1 aromatic carbocycles. The van der Waals surface area contributed by atoms with Gasteiger partial charge in [0.05, 0.1) is 5.75 Å². The third kappa shape index (κ3) is 5.00. The van der Waals surface area contributed by atoms with Crippen LogP contribution < -0.4 is 0 Å². The summed E-state index contributed by atoms with van der Waals surface area (Å²) in [4.78, 5) is 20.7. The summed E-state index contributed by atoms with van der Waals surface area (Å²) in [6.07, 6.45) is 0. The van der Waals surface area contributed by atoms with Gasteiger partial charge in [-0.2, -0.15) is 0 Å². The van der Waals surface area contributed by atoms with Crippen LogP contribution in [0.15, 0.2) is 29.2 Å². The zero-order valence-electron chi connectivity index (χ0n) is 15.9. The van der Waals surface area contributed by atoms with E-state index in [2.05, 4.69) is 35.9 Å². The monoisotopic (exact) mass is 377 g/mol. The van der Waals surface area contributed by atoms with Gasteiger partial charge in [-0.05, 0) is 31.5 Å². The van der Waals surface area contributed by atoms with Crippen LogP contribution in [-0.4, -0.2) is 90.9 Å². The Morgan fingerprint density at radius 1 is 1.15 bits per heavy atom. The summed E-state index contributed by atoms with van der Waals surface area (Å²) in [5.41, 5.74) is 1.22. The molecule has 1 aromatic rings. The molecule has 5 nitrogen and oxygen atoms in total. The van der Waals surface area contributed by atoms with Gasteiger partial charge in [-0.1, -0.05) is 18.2 Å². The Morgan fingerprint density at radius 3 is 2.54 bits per heavy atom. The molecule has 2 fully saturated rings. The molecule has 0 aliphatic carbocycles. The number of amides is 1. The highest BCUT2D eigenvalue weighted by Crippen LogP contribution is 2.27. The first-order valence-corrected chi connectivity index (χ1v) is 10.5. The van der Waals surface area contributed by atoms with Crippen LogP contribution in [0, 0.1) is 18.8 Å². The van der Waals surface area contributed by atoms with Gasteiger partial charge >= 0.3 is 0 Å². The number of likely N-dealkylation sites (tertiary alicyclic amines) is 1. The molecular formula is C20H31N3O2S. The Bertz CT molecular complexity index is 604. The van der Waals surface area contributed by atoms with Gasteiger partial charge in [0, 0.05) is 63.2 Å². The number of likely N-dealkylation sites (N-methyl/N-ethyl adjacent to an activating group) is 1. The number of benzene rings is 1. The zero-order chi connectivity index (χ0) is 18.5. The molecule has 2 aliphatic heterocycles. The van der Waals surface area contributed by atoms with E-state index in [9.17, 15) is 9.90 Å². The molecule has 2 heterocycles. The Hall–Kier alpha value is -1.08. The molecule has 2 saturated heterocycles. The minimum atomic E-state index is 0.174. The topological polar surface area (TPSA) is 47.0 Å². The fourth-order valence-corrected chi connectivity index (χ4v) is 4.80. The lowest BCUT2D eigenvalue weighted by atomic mass is 9.96. The van der Waals surface area contributed by atoms with Crippen molar-refractivity contribution in [2.24, 2.45) is 11.8 Å². The van der Waals surface area contributed by atoms with Crippen molar-refractivity contribution in [3.63, 3.8) is 0 Å². The predicted octanol–water partition coefficient (Wildman–Crippen LogP) is 1.40. The number of carbonyl (C=O) groups excluding carboxylic acids is 1. The molecule has 6 heteroatoms. The lowest BCUT2D eigenvalue weighted by Crippen LogP contribution is -2.47. The average molecular weight is 378 g/mol. The Balaban J connectivity index is 1.51. The van der Waals surface area contributed by atoms with E-state index in [4.69, 9.17) is 0 Å². The van der Waals surface area contributed by atoms with Gasteiger partial charge in [0.1, 0.15) is 0 Å². The van der Waals surface area contributed by atoms with E-state index in [1.807, 2.05) is 17.0 Å². The number of hydrogen-bond acceptors (Lipinski definition) is 5. The predicted molar refractivity (Wildman–Crippen MR) is 106 cm³/mol. The molecular weight excluding hydrogens is 346 g/mol. The quantitative estimate of drug-likeness (QED) is 0.760. The van der Waals surface area contributed by atoms with E-state index in [1.54, 1.807) is 11.8 Å². The molecule has 0 unspecified atom stereocenters. The first-order chi connectivity index (χ1) is 12.6. The Kier molecular flexibility index (Phi) is 6.98. The maximum absolute atomic E-state index is 12.7. The standard InChI is InChI=1S/C20H31N3O2S/c1-16-5-3-4-6-19(16)26-15-20(25)23-12-17(18(13-23)14-24)11-22-9-7-21(2)8-10-22/h3-6,17-18,24H,7-15H2,1-2H3/t17-,18-/m1/s1. The second-order valence-electron chi connectivity index (χ2n) is 7.66. The van der Waals surface area contributed by atoms with Gasteiger partial charge in [-0.25, -0.2) is 0 Å². The molecule has 2 aliphatic rings. The van der Waals surface area contributed by atoms with E-state index in [-0.39, 0.29) is 18.4 Å². The molecule has 0 radical (unpaired) electrons. The number of rotatable bonds is 6. The van der Waals surface area contributed by atoms with Crippen LogP contribution in [0.3, 0.4) is 0 Å². The number of hydrogen-bond donors (Lipinski definition) is 1.